The molecule has 0 aliphatic carbocycles. The van der Waals surface area contributed by atoms with Crippen LogP contribution in [0.15, 0.2) is 18.2 Å². The summed E-state index contributed by atoms with van der Waals surface area (Å²) in [6.45, 7) is 0.336. The molecule has 1 aromatic carbocycles. The van der Waals surface area contributed by atoms with E-state index in [4.69, 9.17) is 11.5 Å². The predicted octanol–water partition coefficient (Wildman–Crippen LogP) is 0.0591. The number of hydrogen-bond donors (Lipinski definition) is 3. The van der Waals surface area contributed by atoms with Crippen LogP contribution in [0.5, 0.6) is 0 Å². The van der Waals surface area contributed by atoms with Crippen LogP contribution in [-0.2, 0) is 4.79 Å². The lowest BCUT2D eigenvalue weighted by Gasteiger charge is -2.17. The van der Waals surface area contributed by atoms with Crippen LogP contribution in [0.25, 0.3) is 0 Å². The molecule has 0 saturated heterocycles. The Morgan fingerprint density at radius 1 is 1.33 bits per heavy atom. The monoisotopic (exact) mass is 250 g/mol. The highest BCUT2D eigenvalue weighted by molar-refractivity contribution is 5.99. The zero-order chi connectivity index (χ0) is 13.7. The average molecular weight is 250 g/mol. The van der Waals surface area contributed by atoms with Crippen molar-refractivity contribution in [2.24, 2.45) is 0 Å². The topological polar surface area (TPSA) is 101 Å². The van der Waals surface area contributed by atoms with E-state index in [0.29, 0.717) is 23.5 Å². The lowest BCUT2D eigenvalue weighted by molar-refractivity contribution is -0.120. The van der Waals surface area contributed by atoms with E-state index in [0.717, 1.165) is 0 Å². The molecule has 0 aliphatic heterocycles. The van der Waals surface area contributed by atoms with Gasteiger partial charge >= 0.3 is 0 Å². The van der Waals surface area contributed by atoms with Gasteiger partial charge in [-0.05, 0) is 18.2 Å². The summed E-state index contributed by atoms with van der Waals surface area (Å²) in [5.41, 5.74) is 12.5. The molecule has 6 heteroatoms. The highest BCUT2D eigenvalue weighted by atomic mass is 16.2. The van der Waals surface area contributed by atoms with Gasteiger partial charge in [0.2, 0.25) is 5.91 Å². The summed E-state index contributed by atoms with van der Waals surface area (Å²) in [4.78, 5) is 24.6. The molecule has 0 bridgehead atoms. The fourth-order valence-electron chi connectivity index (χ4n) is 1.48. The number of nitrogen functional groups attached to an aromatic ring is 2. The number of nitrogens with two attached hydrogens (primary N) is 2. The van der Waals surface area contributed by atoms with Crippen LogP contribution in [0.2, 0.25) is 0 Å². The molecule has 18 heavy (non-hydrogen) atoms. The lowest BCUT2D eigenvalue weighted by atomic mass is 10.1. The number of carbonyl (C=O) groups is 2. The van der Waals surface area contributed by atoms with Crippen molar-refractivity contribution in [3.8, 4) is 0 Å². The van der Waals surface area contributed by atoms with Gasteiger partial charge in [0.1, 0.15) is 0 Å². The van der Waals surface area contributed by atoms with Crippen LogP contribution in [0.4, 0.5) is 11.4 Å². The second kappa shape index (κ2) is 5.90. The van der Waals surface area contributed by atoms with Gasteiger partial charge in [0, 0.05) is 38.4 Å². The normalized spacial score (nSPS) is 9.89. The average Bonchev–Trinajstić information content (AvgIpc) is 2.34. The summed E-state index contributed by atoms with van der Waals surface area (Å²) in [5.74, 6) is -0.337. The molecule has 0 radical (unpaired) electrons. The van der Waals surface area contributed by atoms with Crippen LogP contribution >= 0.6 is 0 Å². The Morgan fingerprint density at radius 2 is 2.00 bits per heavy atom. The molecule has 0 aliphatic rings. The van der Waals surface area contributed by atoms with E-state index in [1.165, 1.54) is 4.90 Å². The van der Waals surface area contributed by atoms with Crippen LogP contribution in [-0.4, -0.2) is 37.4 Å². The van der Waals surface area contributed by atoms with E-state index in [9.17, 15) is 9.59 Å². The van der Waals surface area contributed by atoms with E-state index in [-0.39, 0.29) is 18.2 Å². The molecule has 2 amide bonds. The molecule has 1 aromatic rings. The van der Waals surface area contributed by atoms with Gasteiger partial charge in [-0.25, -0.2) is 0 Å². The van der Waals surface area contributed by atoms with Gasteiger partial charge in [-0.2, -0.15) is 0 Å². The molecule has 0 atom stereocenters. The van der Waals surface area contributed by atoms with Gasteiger partial charge in [-0.1, -0.05) is 0 Å². The lowest BCUT2D eigenvalue weighted by Crippen LogP contribution is -2.31. The first-order chi connectivity index (χ1) is 8.45. The third-order valence-corrected chi connectivity index (χ3v) is 2.61. The SMILES string of the molecule is CNC(=O)CCN(C)C(=O)c1ccc(N)cc1N. The van der Waals surface area contributed by atoms with Crippen molar-refractivity contribution in [1.82, 2.24) is 10.2 Å². The van der Waals surface area contributed by atoms with E-state index in [1.54, 1.807) is 32.3 Å². The zero-order valence-electron chi connectivity index (χ0n) is 10.6. The molecule has 1 rings (SSSR count). The summed E-state index contributed by atoms with van der Waals surface area (Å²) in [5, 5.41) is 2.50. The second-order valence-corrected chi connectivity index (χ2v) is 4.00. The van der Waals surface area contributed by atoms with E-state index in [2.05, 4.69) is 5.32 Å². The Hall–Kier alpha value is -2.24. The Bertz CT molecular complexity index is 459. The molecule has 0 spiro atoms. The smallest absolute Gasteiger partial charge is 0.255 e. The molecular formula is C12H18N4O2. The van der Waals surface area contributed by atoms with Crippen molar-refractivity contribution in [3.05, 3.63) is 23.8 Å². The van der Waals surface area contributed by atoms with Crippen molar-refractivity contribution >= 4 is 23.2 Å². The maximum absolute atomic E-state index is 12.1. The number of nitrogens with one attached hydrogen (secondary N) is 1. The Kier molecular flexibility index (Phi) is 4.53. The highest BCUT2D eigenvalue weighted by Gasteiger charge is 2.15. The molecule has 0 unspecified atom stereocenters. The number of rotatable bonds is 4. The van der Waals surface area contributed by atoms with Gasteiger partial charge in [-0.3, -0.25) is 9.59 Å². The summed E-state index contributed by atoms with van der Waals surface area (Å²) in [6.07, 6.45) is 0.258. The third-order valence-electron chi connectivity index (χ3n) is 2.61. The molecule has 6 nitrogen and oxygen atoms in total. The van der Waals surface area contributed by atoms with Crippen LogP contribution in [0.3, 0.4) is 0 Å². The van der Waals surface area contributed by atoms with Crippen molar-refractivity contribution < 1.29 is 9.59 Å². The van der Waals surface area contributed by atoms with Gasteiger partial charge in [0.25, 0.3) is 5.91 Å². The van der Waals surface area contributed by atoms with Crippen molar-refractivity contribution in [2.75, 3.05) is 32.1 Å². The number of anilines is 2. The summed E-state index contributed by atoms with van der Waals surface area (Å²) < 4.78 is 0. The molecular weight excluding hydrogens is 232 g/mol. The first-order valence-electron chi connectivity index (χ1n) is 5.56. The van der Waals surface area contributed by atoms with Gasteiger partial charge in [-0.15, -0.1) is 0 Å². The summed E-state index contributed by atoms with van der Waals surface area (Å²) in [6, 6.07) is 4.75. The molecule has 0 aromatic heterocycles. The molecule has 0 saturated carbocycles. The standard InChI is InChI=1S/C12H18N4O2/c1-15-11(17)5-6-16(2)12(18)9-4-3-8(13)7-10(9)14/h3-4,7H,5-6,13-14H2,1-2H3,(H,15,17). The first kappa shape index (κ1) is 13.8. The fraction of sp³-hybridized carbons (Fsp3) is 0.333. The maximum atomic E-state index is 12.1. The molecule has 98 valence electrons. The Labute approximate surface area is 106 Å². The minimum absolute atomic E-state index is 0.111. The number of hydrogen-bond acceptors (Lipinski definition) is 4. The fourth-order valence-corrected chi connectivity index (χ4v) is 1.48. The largest absolute Gasteiger partial charge is 0.399 e. The number of benzene rings is 1. The van der Waals surface area contributed by atoms with Crippen LogP contribution < -0.4 is 16.8 Å². The number of nitrogens with zero attached hydrogens (tertiary/aromatic N) is 1. The minimum atomic E-state index is -0.226. The highest BCUT2D eigenvalue weighted by Crippen LogP contribution is 2.17. The summed E-state index contributed by atoms with van der Waals surface area (Å²) in [7, 11) is 3.18. The van der Waals surface area contributed by atoms with E-state index >= 15 is 0 Å². The van der Waals surface area contributed by atoms with Crippen LogP contribution in [0, 0.1) is 0 Å². The Balaban J connectivity index is 2.71. The molecule has 0 heterocycles. The van der Waals surface area contributed by atoms with Crippen molar-refractivity contribution in [3.63, 3.8) is 0 Å². The third kappa shape index (κ3) is 3.38. The first-order valence-corrected chi connectivity index (χ1v) is 5.56. The van der Waals surface area contributed by atoms with Crippen molar-refractivity contribution in [2.45, 2.75) is 6.42 Å². The number of carbonyl (C=O) groups excluding carboxylic acids is 2. The van der Waals surface area contributed by atoms with Crippen molar-refractivity contribution in [1.29, 1.82) is 0 Å². The van der Waals surface area contributed by atoms with Crippen LogP contribution in [0.1, 0.15) is 16.8 Å². The van der Waals surface area contributed by atoms with Gasteiger partial charge < -0.3 is 21.7 Å². The van der Waals surface area contributed by atoms with E-state index in [1.807, 2.05) is 0 Å². The zero-order valence-corrected chi connectivity index (χ0v) is 10.6. The Morgan fingerprint density at radius 3 is 2.56 bits per heavy atom. The van der Waals surface area contributed by atoms with E-state index < -0.39 is 0 Å². The van der Waals surface area contributed by atoms with Gasteiger partial charge in [0.15, 0.2) is 0 Å². The molecule has 0 fully saturated rings. The van der Waals surface area contributed by atoms with Gasteiger partial charge in [0.05, 0.1) is 5.56 Å². The summed E-state index contributed by atoms with van der Waals surface area (Å²) >= 11 is 0. The quantitative estimate of drug-likeness (QED) is 0.657. The predicted molar refractivity (Wildman–Crippen MR) is 70.9 cm³/mol. The second-order valence-electron chi connectivity index (χ2n) is 4.00. The number of amides is 2. The molecule has 5 N–H and O–H groups in total. The minimum Gasteiger partial charge on any atom is -0.399 e. The maximum Gasteiger partial charge on any atom is 0.255 e.